The van der Waals surface area contributed by atoms with E-state index in [4.69, 9.17) is 10.2 Å². The zero-order valence-electron chi connectivity index (χ0n) is 6.03. The quantitative estimate of drug-likeness (QED) is 0.611. The van der Waals surface area contributed by atoms with Crippen LogP contribution in [0, 0.1) is 5.92 Å². The van der Waals surface area contributed by atoms with Crippen molar-refractivity contribution in [1.29, 1.82) is 0 Å². The fourth-order valence-electron chi connectivity index (χ4n) is 1.10. The van der Waals surface area contributed by atoms with Crippen molar-refractivity contribution >= 4 is 5.97 Å². The Morgan fingerprint density at radius 2 is 2.45 bits per heavy atom. The van der Waals surface area contributed by atoms with Crippen LogP contribution >= 0.6 is 0 Å². The monoisotopic (exact) mass is 154 g/mol. The highest BCUT2D eigenvalue weighted by Crippen LogP contribution is 2.19. The van der Waals surface area contributed by atoms with Crippen LogP contribution in [-0.4, -0.2) is 22.8 Å². The van der Waals surface area contributed by atoms with Crippen molar-refractivity contribution in [2.75, 3.05) is 6.61 Å². The van der Waals surface area contributed by atoms with Crippen LogP contribution in [0.25, 0.3) is 0 Å². The van der Waals surface area contributed by atoms with E-state index < -0.39 is 5.97 Å². The summed E-state index contributed by atoms with van der Waals surface area (Å²) < 4.78 is 0. The first-order valence-corrected chi connectivity index (χ1v) is 3.46. The minimum absolute atomic E-state index is 0.0948. The molecule has 1 atom stereocenters. The van der Waals surface area contributed by atoms with E-state index in [1.165, 1.54) is 6.08 Å². The van der Waals surface area contributed by atoms with Gasteiger partial charge in [0.2, 0.25) is 0 Å². The predicted molar refractivity (Wildman–Crippen MR) is 40.1 cm³/mol. The third-order valence-electron chi connectivity index (χ3n) is 1.74. The fraction of sp³-hybridized carbons (Fsp3) is 0.375. The van der Waals surface area contributed by atoms with Gasteiger partial charge in [-0.05, 0) is 6.42 Å². The van der Waals surface area contributed by atoms with Crippen molar-refractivity contribution in [1.82, 2.24) is 0 Å². The summed E-state index contributed by atoms with van der Waals surface area (Å²) in [6, 6.07) is 0. The van der Waals surface area contributed by atoms with E-state index in [0.717, 1.165) is 0 Å². The van der Waals surface area contributed by atoms with Gasteiger partial charge in [-0.15, -0.1) is 0 Å². The molecule has 11 heavy (non-hydrogen) atoms. The van der Waals surface area contributed by atoms with Gasteiger partial charge in [0, 0.05) is 11.5 Å². The van der Waals surface area contributed by atoms with Crippen molar-refractivity contribution in [2.24, 2.45) is 5.92 Å². The minimum atomic E-state index is -0.937. The zero-order chi connectivity index (χ0) is 8.27. The molecule has 1 aliphatic rings. The predicted octanol–water partition coefficient (Wildman–Crippen LogP) is 0.566. The van der Waals surface area contributed by atoms with Gasteiger partial charge in [0.1, 0.15) is 0 Å². The molecule has 0 spiro atoms. The van der Waals surface area contributed by atoms with E-state index in [0.29, 0.717) is 12.0 Å². The van der Waals surface area contributed by atoms with Crippen LogP contribution in [-0.2, 0) is 4.79 Å². The van der Waals surface area contributed by atoms with Crippen LogP contribution in [0.2, 0.25) is 0 Å². The maximum Gasteiger partial charge on any atom is 0.331 e. The first-order valence-electron chi connectivity index (χ1n) is 3.46. The van der Waals surface area contributed by atoms with E-state index >= 15 is 0 Å². The summed E-state index contributed by atoms with van der Waals surface area (Å²) in [4.78, 5) is 10.5. The summed E-state index contributed by atoms with van der Waals surface area (Å²) in [7, 11) is 0. The molecular weight excluding hydrogens is 144 g/mol. The molecule has 1 rings (SSSR count). The lowest BCUT2D eigenvalue weighted by molar-refractivity contribution is -0.133. The normalized spacial score (nSPS) is 23.0. The molecule has 3 heteroatoms. The number of rotatable bonds is 2. The standard InChI is InChI=1S/C8H10O3/c9-5-6-3-1-2-4-7(6)8(10)11/h1-2,4,6,9H,3,5H2,(H,10,11)/t6-/m0/s1. The lowest BCUT2D eigenvalue weighted by Gasteiger charge is -2.14. The SMILES string of the molecule is O=C(O)C1=CC=CC[C@H]1CO. The molecule has 0 fully saturated rings. The highest BCUT2D eigenvalue weighted by Gasteiger charge is 2.19. The van der Waals surface area contributed by atoms with Gasteiger partial charge in [0.25, 0.3) is 0 Å². The van der Waals surface area contributed by atoms with E-state index in [1.807, 2.05) is 6.08 Å². The van der Waals surface area contributed by atoms with Crippen molar-refractivity contribution in [2.45, 2.75) is 6.42 Å². The van der Waals surface area contributed by atoms with Gasteiger partial charge in [0.05, 0.1) is 6.61 Å². The molecule has 0 unspecified atom stereocenters. The Hall–Kier alpha value is -1.09. The largest absolute Gasteiger partial charge is 0.478 e. The molecule has 0 heterocycles. The maximum atomic E-state index is 10.5. The van der Waals surface area contributed by atoms with Crippen LogP contribution in [0.5, 0.6) is 0 Å². The van der Waals surface area contributed by atoms with Gasteiger partial charge in [-0.1, -0.05) is 18.2 Å². The Bertz CT molecular complexity index is 215. The summed E-state index contributed by atoms with van der Waals surface area (Å²) in [5, 5.41) is 17.4. The second kappa shape index (κ2) is 3.34. The second-order valence-electron chi connectivity index (χ2n) is 2.47. The van der Waals surface area contributed by atoms with Gasteiger partial charge < -0.3 is 10.2 Å². The van der Waals surface area contributed by atoms with E-state index in [-0.39, 0.29) is 12.5 Å². The van der Waals surface area contributed by atoms with Gasteiger partial charge in [0.15, 0.2) is 0 Å². The Morgan fingerprint density at radius 3 is 2.91 bits per heavy atom. The Kier molecular flexibility index (Phi) is 2.44. The topological polar surface area (TPSA) is 57.5 Å². The van der Waals surface area contributed by atoms with Gasteiger partial charge >= 0.3 is 5.97 Å². The Morgan fingerprint density at radius 1 is 1.73 bits per heavy atom. The molecule has 0 aromatic rings. The zero-order valence-corrected chi connectivity index (χ0v) is 6.03. The number of aliphatic hydroxyl groups excluding tert-OH is 1. The third-order valence-corrected chi connectivity index (χ3v) is 1.74. The number of aliphatic hydroxyl groups is 1. The Labute approximate surface area is 64.7 Å². The lowest BCUT2D eigenvalue weighted by Crippen LogP contribution is -2.17. The minimum Gasteiger partial charge on any atom is -0.478 e. The van der Waals surface area contributed by atoms with Gasteiger partial charge in [-0.25, -0.2) is 4.79 Å². The molecular formula is C8H10O3. The van der Waals surface area contributed by atoms with Crippen molar-refractivity contribution in [3.8, 4) is 0 Å². The van der Waals surface area contributed by atoms with Gasteiger partial charge in [-0.2, -0.15) is 0 Å². The van der Waals surface area contributed by atoms with Crippen molar-refractivity contribution in [3.05, 3.63) is 23.8 Å². The molecule has 0 aliphatic heterocycles. The molecule has 60 valence electrons. The molecule has 3 nitrogen and oxygen atoms in total. The van der Waals surface area contributed by atoms with Crippen LogP contribution in [0.3, 0.4) is 0 Å². The van der Waals surface area contributed by atoms with Crippen LogP contribution in [0.4, 0.5) is 0 Å². The average molecular weight is 154 g/mol. The number of aliphatic carboxylic acids is 1. The highest BCUT2D eigenvalue weighted by molar-refractivity contribution is 5.87. The van der Waals surface area contributed by atoms with E-state index in [1.54, 1.807) is 6.08 Å². The maximum absolute atomic E-state index is 10.5. The summed E-state index contributed by atoms with van der Waals surface area (Å²) in [5.74, 6) is -1.16. The fourth-order valence-corrected chi connectivity index (χ4v) is 1.10. The van der Waals surface area contributed by atoms with Crippen molar-refractivity contribution in [3.63, 3.8) is 0 Å². The Balaban J connectivity index is 2.78. The number of carboxylic acid groups (broad SMARTS) is 1. The second-order valence-corrected chi connectivity index (χ2v) is 2.47. The molecule has 1 aliphatic carbocycles. The number of allylic oxidation sites excluding steroid dienone is 3. The first-order chi connectivity index (χ1) is 5.25. The van der Waals surface area contributed by atoms with Crippen molar-refractivity contribution < 1.29 is 15.0 Å². The van der Waals surface area contributed by atoms with Crippen LogP contribution in [0.15, 0.2) is 23.8 Å². The molecule has 0 bridgehead atoms. The summed E-state index contributed by atoms with van der Waals surface area (Å²) in [5.41, 5.74) is 0.301. The summed E-state index contributed by atoms with van der Waals surface area (Å²) in [6.45, 7) is -0.0948. The number of carboxylic acids is 1. The molecule has 0 saturated carbocycles. The molecule has 0 saturated heterocycles. The number of carbonyl (C=O) groups is 1. The van der Waals surface area contributed by atoms with E-state index in [2.05, 4.69) is 0 Å². The van der Waals surface area contributed by atoms with E-state index in [9.17, 15) is 4.79 Å². The summed E-state index contributed by atoms with van der Waals surface area (Å²) in [6.07, 6.45) is 5.71. The molecule has 0 aromatic heterocycles. The molecule has 0 aromatic carbocycles. The molecule has 0 amide bonds. The lowest BCUT2D eigenvalue weighted by atomic mass is 9.92. The smallest absolute Gasteiger partial charge is 0.331 e. The summed E-state index contributed by atoms with van der Waals surface area (Å²) >= 11 is 0. The van der Waals surface area contributed by atoms with Crippen LogP contribution < -0.4 is 0 Å². The molecule has 2 N–H and O–H groups in total. The highest BCUT2D eigenvalue weighted by atomic mass is 16.4. The number of hydrogen-bond donors (Lipinski definition) is 2. The van der Waals surface area contributed by atoms with Crippen LogP contribution in [0.1, 0.15) is 6.42 Å². The van der Waals surface area contributed by atoms with Gasteiger partial charge in [-0.3, -0.25) is 0 Å². The first kappa shape index (κ1) is 8.01. The average Bonchev–Trinajstić information content (AvgIpc) is 2.04. The third kappa shape index (κ3) is 1.68. The number of hydrogen-bond acceptors (Lipinski definition) is 2. The molecule has 0 radical (unpaired) electrons.